The van der Waals surface area contributed by atoms with E-state index in [2.05, 4.69) is 64.2 Å². The molecule has 0 N–H and O–H groups in total. The zero-order valence-corrected chi connectivity index (χ0v) is 20.1. The second-order valence-electron chi connectivity index (χ2n) is 8.55. The van der Waals surface area contributed by atoms with Gasteiger partial charge in [0.2, 0.25) is 5.89 Å². The molecule has 0 spiro atoms. The van der Waals surface area contributed by atoms with Gasteiger partial charge in [0.05, 0.1) is 5.56 Å². The van der Waals surface area contributed by atoms with Gasteiger partial charge >= 0.3 is 0 Å². The van der Waals surface area contributed by atoms with Crippen molar-refractivity contribution in [2.24, 2.45) is 0 Å². The van der Waals surface area contributed by atoms with E-state index in [9.17, 15) is 4.39 Å². The Labute approximate surface area is 205 Å². The number of benzene rings is 3. The normalized spacial score (nSPS) is 15.1. The summed E-state index contributed by atoms with van der Waals surface area (Å²) in [5.41, 5.74) is 5.27. The molecule has 4 aromatic rings. The van der Waals surface area contributed by atoms with Gasteiger partial charge < -0.3 is 9.32 Å². The van der Waals surface area contributed by atoms with Crippen molar-refractivity contribution in [1.82, 2.24) is 15.1 Å². The molecular formula is C27H28ClFN4O. The van der Waals surface area contributed by atoms with Gasteiger partial charge in [-0.05, 0) is 48.7 Å². The first kappa shape index (κ1) is 23.9. The predicted molar refractivity (Wildman–Crippen MR) is 135 cm³/mol. The van der Waals surface area contributed by atoms with Crippen molar-refractivity contribution in [1.29, 1.82) is 0 Å². The third-order valence-corrected chi connectivity index (χ3v) is 6.28. The summed E-state index contributed by atoms with van der Waals surface area (Å²) in [4.78, 5) is 4.81. The zero-order chi connectivity index (χ0) is 22.8. The van der Waals surface area contributed by atoms with Crippen molar-refractivity contribution in [3.8, 4) is 11.5 Å². The Balaban J connectivity index is 0.00000274. The van der Waals surface area contributed by atoms with Gasteiger partial charge in [0.25, 0.3) is 5.89 Å². The summed E-state index contributed by atoms with van der Waals surface area (Å²) in [7, 11) is 0. The first-order valence-corrected chi connectivity index (χ1v) is 11.3. The molecule has 1 aliphatic rings. The summed E-state index contributed by atoms with van der Waals surface area (Å²) in [6.45, 7) is 7.81. The minimum absolute atomic E-state index is 0. The fraction of sp³-hybridized carbons (Fsp3) is 0.259. The highest BCUT2D eigenvalue weighted by Crippen LogP contribution is 2.32. The Morgan fingerprint density at radius 3 is 2.29 bits per heavy atom. The molecule has 5 nitrogen and oxygen atoms in total. The third kappa shape index (κ3) is 4.83. The van der Waals surface area contributed by atoms with Crippen molar-refractivity contribution in [2.75, 3.05) is 31.1 Å². The molecular weight excluding hydrogens is 451 g/mol. The Hall–Kier alpha value is -3.22. The molecule has 1 unspecified atom stereocenters. The van der Waals surface area contributed by atoms with E-state index < -0.39 is 0 Å². The lowest BCUT2D eigenvalue weighted by molar-refractivity contribution is 0.188. The van der Waals surface area contributed by atoms with Crippen LogP contribution < -0.4 is 4.90 Å². The maximum absolute atomic E-state index is 14.3. The fourth-order valence-electron chi connectivity index (χ4n) is 4.51. The molecule has 0 aliphatic carbocycles. The molecule has 34 heavy (non-hydrogen) atoms. The number of anilines is 1. The Morgan fingerprint density at radius 1 is 0.853 bits per heavy atom. The number of aryl methyl sites for hydroxylation is 2. The SMILES string of the molecule is Cc1ccc(C)c(N2CCN(C(c3ccccc3)c3nnc(-c4ccccc4F)o3)CC2)c1.Cl. The maximum Gasteiger partial charge on any atom is 0.250 e. The van der Waals surface area contributed by atoms with Gasteiger partial charge in [0.1, 0.15) is 11.9 Å². The van der Waals surface area contributed by atoms with E-state index in [0.717, 1.165) is 31.7 Å². The summed E-state index contributed by atoms with van der Waals surface area (Å²) in [6, 6.07) is 23.1. The van der Waals surface area contributed by atoms with E-state index in [1.54, 1.807) is 18.2 Å². The monoisotopic (exact) mass is 478 g/mol. The van der Waals surface area contributed by atoms with E-state index in [4.69, 9.17) is 4.42 Å². The molecule has 1 saturated heterocycles. The van der Waals surface area contributed by atoms with Crippen LogP contribution >= 0.6 is 12.4 Å². The van der Waals surface area contributed by atoms with E-state index in [1.807, 2.05) is 18.2 Å². The molecule has 1 atom stereocenters. The maximum atomic E-state index is 14.3. The molecule has 1 fully saturated rings. The van der Waals surface area contributed by atoms with E-state index in [-0.39, 0.29) is 30.2 Å². The first-order valence-electron chi connectivity index (χ1n) is 11.3. The topological polar surface area (TPSA) is 45.4 Å². The number of aromatic nitrogens is 2. The third-order valence-electron chi connectivity index (χ3n) is 6.28. The molecule has 0 amide bonds. The lowest BCUT2D eigenvalue weighted by Crippen LogP contribution is -2.48. The van der Waals surface area contributed by atoms with Crippen LogP contribution in [0, 0.1) is 19.7 Å². The van der Waals surface area contributed by atoms with Crippen LogP contribution in [-0.4, -0.2) is 41.3 Å². The highest BCUT2D eigenvalue weighted by Gasteiger charge is 2.31. The lowest BCUT2D eigenvalue weighted by Gasteiger charge is -2.39. The van der Waals surface area contributed by atoms with Crippen molar-refractivity contribution < 1.29 is 8.81 Å². The largest absolute Gasteiger partial charge is 0.418 e. The molecule has 2 heterocycles. The van der Waals surface area contributed by atoms with Gasteiger partial charge in [-0.15, -0.1) is 22.6 Å². The average molecular weight is 479 g/mol. The quantitative estimate of drug-likeness (QED) is 0.361. The zero-order valence-electron chi connectivity index (χ0n) is 19.3. The van der Waals surface area contributed by atoms with E-state index >= 15 is 0 Å². The number of hydrogen-bond acceptors (Lipinski definition) is 5. The van der Waals surface area contributed by atoms with Crippen LogP contribution in [0.15, 0.2) is 77.2 Å². The molecule has 5 rings (SSSR count). The molecule has 7 heteroatoms. The number of hydrogen-bond donors (Lipinski definition) is 0. The van der Waals surface area contributed by atoms with Crippen LogP contribution in [0.3, 0.4) is 0 Å². The van der Waals surface area contributed by atoms with Crippen LogP contribution in [0.2, 0.25) is 0 Å². The van der Waals surface area contributed by atoms with Gasteiger partial charge in [-0.1, -0.05) is 54.6 Å². The minimum atomic E-state index is -0.369. The molecule has 0 saturated carbocycles. The van der Waals surface area contributed by atoms with Gasteiger partial charge in [-0.25, -0.2) is 4.39 Å². The Morgan fingerprint density at radius 2 is 1.56 bits per heavy atom. The van der Waals surface area contributed by atoms with Crippen molar-refractivity contribution >= 4 is 18.1 Å². The Bertz CT molecular complexity index is 1240. The van der Waals surface area contributed by atoms with Crippen molar-refractivity contribution in [2.45, 2.75) is 19.9 Å². The molecule has 1 aromatic heterocycles. The predicted octanol–water partition coefficient (Wildman–Crippen LogP) is 5.83. The number of halogens is 2. The highest BCUT2D eigenvalue weighted by molar-refractivity contribution is 5.85. The van der Waals surface area contributed by atoms with Gasteiger partial charge in [0, 0.05) is 31.9 Å². The summed E-state index contributed by atoms with van der Waals surface area (Å²) in [5.74, 6) is 0.323. The van der Waals surface area contributed by atoms with Crippen LogP contribution in [0.25, 0.3) is 11.5 Å². The van der Waals surface area contributed by atoms with Crippen LogP contribution in [-0.2, 0) is 0 Å². The summed E-state index contributed by atoms with van der Waals surface area (Å²) < 4.78 is 20.3. The number of rotatable bonds is 5. The van der Waals surface area contributed by atoms with Gasteiger partial charge in [-0.2, -0.15) is 0 Å². The number of piperazine rings is 1. The summed E-state index contributed by atoms with van der Waals surface area (Å²) in [5, 5.41) is 8.53. The standard InChI is InChI=1S/C27H27FN4O.ClH/c1-19-12-13-20(2)24(18-19)31-14-16-32(17-15-31)25(21-8-4-3-5-9-21)27-30-29-26(33-27)22-10-6-7-11-23(22)28;/h3-13,18,25H,14-17H2,1-2H3;1H. The van der Waals surface area contributed by atoms with Crippen LogP contribution in [0.1, 0.15) is 28.6 Å². The Kier molecular flexibility index (Phi) is 7.29. The second-order valence-corrected chi connectivity index (χ2v) is 8.55. The van der Waals surface area contributed by atoms with E-state index in [1.165, 1.54) is 22.9 Å². The lowest BCUT2D eigenvalue weighted by atomic mass is 10.0. The molecule has 1 aliphatic heterocycles. The molecule has 3 aromatic carbocycles. The highest BCUT2D eigenvalue weighted by atomic mass is 35.5. The van der Waals surface area contributed by atoms with Gasteiger partial charge in [0.15, 0.2) is 0 Å². The molecule has 0 radical (unpaired) electrons. The first-order chi connectivity index (χ1) is 16.1. The van der Waals surface area contributed by atoms with Crippen molar-refractivity contribution in [3.05, 3.63) is 101 Å². The van der Waals surface area contributed by atoms with Crippen LogP contribution in [0.4, 0.5) is 10.1 Å². The van der Waals surface area contributed by atoms with Crippen molar-refractivity contribution in [3.63, 3.8) is 0 Å². The fourth-order valence-corrected chi connectivity index (χ4v) is 4.51. The van der Waals surface area contributed by atoms with Crippen LogP contribution in [0.5, 0.6) is 0 Å². The molecule has 0 bridgehead atoms. The average Bonchev–Trinajstić information content (AvgIpc) is 3.32. The smallest absolute Gasteiger partial charge is 0.250 e. The minimum Gasteiger partial charge on any atom is -0.418 e. The number of nitrogens with zero attached hydrogens (tertiary/aromatic N) is 4. The summed E-state index contributed by atoms with van der Waals surface area (Å²) >= 11 is 0. The molecule has 176 valence electrons. The summed E-state index contributed by atoms with van der Waals surface area (Å²) in [6.07, 6.45) is 0. The van der Waals surface area contributed by atoms with E-state index in [0.29, 0.717) is 11.5 Å². The second kappa shape index (κ2) is 10.4. The van der Waals surface area contributed by atoms with Gasteiger partial charge in [-0.3, -0.25) is 4.90 Å².